The average Bonchev–Trinajstić information content (AvgIpc) is 1.68. The molecule has 0 fully saturated rings. The zero-order valence-electron chi connectivity index (χ0n) is 48.4. The highest BCUT2D eigenvalue weighted by molar-refractivity contribution is 6.16. The molecule has 20 aromatic rings. The van der Waals surface area contributed by atoms with Crippen LogP contribution < -0.4 is 0 Å². The fourth-order valence-electron chi connectivity index (χ4n) is 15.3. The second kappa shape index (κ2) is 18.6. The molecule has 0 amide bonds. The van der Waals surface area contributed by atoms with Crippen molar-refractivity contribution in [3.8, 4) is 45.5 Å². The Balaban J connectivity index is 0.773. The highest BCUT2D eigenvalue weighted by Gasteiger charge is 2.23. The summed E-state index contributed by atoms with van der Waals surface area (Å²) in [5, 5.41) is 14.4. The van der Waals surface area contributed by atoms with Gasteiger partial charge in [-0.15, -0.1) is 0 Å². The van der Waals surface area contributed by atoms with Crippen LogP contribution in [0.5, 0.6) is 0 Å². The number of aromatic nitrogens is 8. The lowest BCUT2D eigenvalue weighted by Gasteiger charge is -2.13. The zero-order valence-corrected chi connectivity index (χ0v) is 48.4. The number of nitrogens with zero attached hydrogens (tertiary/aromatic N) is 8. The Morgan fingerprint density at radius 1 is 0.167 bits per heavy atom. The van der Waals surface area contributed by atoms with E-state index in [9.17, 15) is 0 Å². The summed E-state index contributed by atoms with van der Waals surface area (Å²) >= 11 is 0. The lowest BCUT2D eigenvalue weighted by molar-refractivity contribution is 1.07. The molecule has 0 spiro atoms. The summed E-state index contributed by atoms with van der Waals surface area (Å²) < 4.78 is 14.3. The van der Waals surface area contributed by atoms with E-state index in [2.05, 4.69) is 319 Å². The summed E-state index contributed by atoms with van der Waals surface area (Å²) in [5.74, 6) is 1.65. The Hall–Kier alpha value is -12.3. The Morgan fingerprint density at radius 2 is 0.367 bits per heavy atom. The van der Waals surface area contributed by atoms with Gasteiger partial charge in [-0.05, 0) is 157 Å². The zero-order chi connectivity index (χ0) is 58.7. The SMILES string of the molecule is c1ccc2c(c1)c1ccccc1n2-c1ccc2c(c1)c1cc(-n3c4ccccc4c4ccccc43)ccc1n2-c1cc(-c2ccnc(-n3c4ccc(-n5c6ccccc6c6ccccc65)cc4c4cc(-n5c6ccccc6c6ccccc65)ccc43)c2)ccn1. The molecule has 8 aromatic heterocycles. The number of pyridine rings is 2. The van der Waals surface area contributed by atoms with Gasteiger partial charge in [-0.3, -0.25) is 9.13 Å². The van der Waals surface area contributed by atoms with Crippen LogP contribution in [0.2, 0.25) is 0 Å². The number of para-hydroxylation sites is 8. The monoisotopic (exact) mass is 1150 g/mol. The molecule has 0 saturated carbocycles. The van der Waals surface area contributed by atoms with Crippen molar-refractivity contribution in [3.05, 3.63) is 304 Å². The van der Waals surface area contributed by atoms with Crippen molar-refractivity contribution in [2.75, 3.05) is 0 Å². The fraction of sp³-hybridized carbons (Fsp3) is 0. The molecule has 0 aliphatic carbocycles. The minimum Gasteiger partial charge on any atom is -0.309 e. The van der Waals surface area contributed by atoms with Crippen LogP contribution in [0.15, 0.2) is 304 Å². The van der Waals surface area contributed by atoms with Crippen LogP contribution in [0.25, 0.3) is 176 Å². The van der Waals surface area contributed by atoms with Gasteiger partial charge in [0.2, 0.25) is 0 Å². The van der Waals surface area contributed by atoms with E-state index in [-0.39, 0.29) is 0 Å². The number of fused-ring (bicyclic) bond motifs is 18. The van der Waals surface area contributed by atoms with Crippen molar-refractivity contribution in [1.29, 1.82) is 0 Å². The molecular formula is C82H50N8. The molecule has 0 aliphatic rings. The predicted octanol–water partition coefficient (Wildman–Crippen LogP) is 20.7. The van der Waals surface area contributed by atoms with Crippen LogP contribution in [0.4, 0.5) is 0 Å². The molecule has 0 atom stereocenters. The first kappa shape index (κ1) is 48.9. The van der Waals surface area contributed by atoms with Gasteiger partial charge in [0.05, 0.1) is 66.2 Å². The van der Waals surface area contributed by atoms with Crippen molar-refractivity contribution in [1.82, 2.24) is 37.4 Å². The Bertz CT molecular complexity index is 5490. The lowest BCUT2D eigenvalue weighted by Crippen LogP contribution is -2.00. The van der Waals surface area contributed by atoms with Crippen LogP contribution in [0, 0.1) is 0 Å². The molecule has 8 heteroatoms. The van der Waals surface area contributed by atoms with E-state index >= 15 is 0 Å². The van der Waals surface area contributed by atoms with E-state index in [4.69, 9.17) is 9.97 Å². The molecule has 8 heterocycles. The maximum atomic E-state index is 5.23. The van der Waals surface area contributed by atoms with Crippen molar-refractivity contribution in [2.45, 2.75) is 0 Å². The fourth-order valence-corrected chi connectivity index (χ4v) is 15.3. The van der Waals surface area contributed by atoms with Gasteiger partial charge in [0.25, 0.3) is 0 Å². The molecule has 0 N–H and O–H groups in total. The highest BCUT2D eigenvalue weighted by Crippen LogP contribution is 2.43. The second-order valence-electron chi connectivity index (χ2n) is 23.8. The maximum Gasteiger partial charge on any atom is 0.138 e. The minimum absolute atomic E-state index is 0.826. The predicted molar refractivity (Wildman–Crippen MR) is 374 cm³/mol. The summed E-state index contributed by atoms with van der Waals surface area (Å²) in [4.78, 5) is 10.5. The molecule has 418 valence electrons. The highest BCUT2D eigenvalue weighted by atomic mass is 15.1. The van der Waals surface area contributed by atoms with Gasteiger partial charge in [0.15, 0.2) is 0 Å². The van der Waals surface area contributed by atoms with Gasteiger partial charge >= 0.3 is 0 Å². The first-order valence-electron chi connectivity index (χ1n) is 30.7. The Morgan fingerprint density at radius 3 is 0.589 bits per heavy atom. The quantitative estimate of drug-likeness (QED) is 0.160. The van der Waals surface area contributed by atoms with Crippen LogP contribution >= 0.6 is 0 Å². The summed E-state index contributed by atoms with van der Waals surface area (Å²) in [6.07, 6.45) is 3.91. The van der Waals surface area contributed by atoms with Crippen LogP contribution in [0.1, 0.15) is 0 Å². The van der Waals surface area contributed by atoms with Gasteiger partial charge in [-0.1, -0.05) is 146 Å². The van der Waals surface area contributed by atoms with Crippen LogP contribution in [-0.4, -0.2) is 37.4 Å². The molecule has 0 saturated heterocycles. The molecule has 90 heavy (non-hydrogen) atoms. The third kappa shape index (κ3) is 6.89. The molecule has 0 radical (unpaired) electrons. The molecule has 0 unspecified atom stereocenters. The summed E-state index contributed by atoms with van der Waals surface area (Å²) in [6, 6.07) is 106. The molecule has 0 aliphatic heterocycles. The first-order chi connectivity index (χ1) is 44.7. The number of hydrogen-bond acceptors (Lipinski definition) is 2. The summed E-state index contributed by atoms with van der Waals surface area (Å²) in [7, 11) is 0. The van der Waals surface area contributed by atoms with E-state index in [1.54, 1.807) is 0 Å². The third-order valence-corrected chi connectivity index (χ3v) is 19.1. The number of rotatable bonds is 7. The molecule has 20 rings (SSSR count). The Kier molecular flexibility index (Phi) is 10.1. The van der Waals surface area contributed by atoms with E-state index in [1.807, 2.05) is 12.4 Å². The average molecular weight is 1150 g/mol. The van der Waals surface area contributed by atoms with E-state index in [0.717, 1.165) is 89.1 Å². The van der Waals surface area contributed by atoms with Gasteiger partial charge < -0.3 is 18.3 Å². The maximum absolute atomic E-state index is 5.23. The standard InChI is InChI=1S/C82H50N8/c1-9-25-69-57(17-1)58-18-2-10-26-70(58)85(69)53-33-37-77-65(47-53)66-48-54(86-71-27-11-3-19-59(71)60-20-4-12-28-72(60)86)34-38-78(66)89(77)81-45-51(41-43-83-81)52-42-44-84-82(46-52)90-79-39-35-55(87-73-29-13-5-21-61(73)62-22-6-14-30-74(62)87)49-67(79)68-50-56(36-40-80(68)90)88-75-31-15-7-23-63(75)64-24-8-16-32-76(64)88/h1-50H. The molecule has 0 bridgehead atoms. The number of benzene rings is 12. The topological polar surface area (TPSA) is 55.4 Å². The van der Waals surface area contributed by atoms with Crippen molar-refractivity contribution >= 4 is 131 Å². The van der Waals surface area contributed by atoms with E-state index in [1.165, 1.54) is 87.2 Å². The smallest absolute Gasteiger partial charge is 0.138 e. The largest absolute Gasteiger partial charge is 0.309 e. The molecule has 12 aromatic carbocycles. The number of hydrogen-bond donors (Lipinski definition) is 0. The normalized spacial score (nSPS) is 12.2. The van der Waals surface area contributed by atoms with Crippen molar-refractivity contribution in [3.63, 3.8) is 0 Å². The summed E-state index contributed by atoms with van der Waals surface area (Å²) in [6.45, 7) is 0. The third-order valence-electron chi connectivity index (χ3n) is 19.1. The van der Waals surface area contributed by atoms with E-state index < -0.39 is 0 Å². The van der Waals surface area contributed by atoms with Crippen molar-refractivity contribution in [2.24, 2.45) is 0 Å². The lowest BCUT2D eigenvalue weighted by atomic mass is 10.1. The van der Waals surface area contributed by atoms with Gasteiger partial charge in [-0.2, -0.15) is 0 Å². The van der Waals surface area contributed by atoms with Crippen LogP contribution in [-0.2, 0) is 0 Å². The molecular weight excluding hydrogens is 1100 g/mol. The first-order valence-corrected chi connectivity index (χ1v) is 30.7. The van der Waals surface area contributed by atoms with Gasteiger partial charge in [-0.25, -0.2) is 9.97 Å². The minimum atomic E-state index is 0.826. The van der Waals surface area contributed by atoms with Gasteiger partial charge in [0, 0.05) is 99.8 Å². The van der Waals surface area contributed by atoms with E-state index in [0.29, 0.717) is 0 Å². The second-order valence-corrected chi connectivity index (χ2v) is 23.8. The van der Waals surface area contributed by atoms with Crippen LogP contribution in [0.3, 0.4) is 0 Å². The summed E-state index contributed by atoms with van der Waals surface area (Å²) in [5.41, 5.74) is 20.1. The molecule has 8 nitrogen and oxygen atoms in total. The Labute approximate surface area is 514 Å². The van der Waals surface area contributed by atoms with Gasteiger partial charge in [0.1, 0.15) is 11.6 Å². The van der Waals surface area contributed by atoms with Crippen molar-refractivity contribution < 1.29 is 0 Å².